The average molecular weight is 708 g/mol. The molecule has 4 aromatic carbocycles. The van der Waals surface area contributed by atoms with E-state index in [1.54, 1.807) is 24.3 Å². The first-order chi connectivity index (χ1) is 23.6. The Kier molecular flexibility index (Phi) is 11.8. The lowest BCUT2D eigenvalue weighted by Crippen LogP contribution is -2.54. The molecule has 0 bridgehead atoms. The highest BCUT2D eigenvalue weighted by molar-refractivity contribution is 7.92. The van der Waals surface area contributed by atoms with Crippen molar-refractivity contribution >= 4 is 39.1 Å². The number of hydrogen-bond acceptors (Lipinski definition) is 6. The summed E-state index contributed by atoms with van der Waals surface area (Å²) in [6, 6.07) is 24.2. The van der Waals surface area contributed by atoms with Crippen LogP contribution in [0.5, 0.6) is 11.5 Å². The molecule has 0 heterocycles. The summed E-state index contributed by atoms with van der Waals surface area (Å²) in [6.45, 7) is -0.715. The summed E-state index contributed by atoms with van der Waals surface area (Å²) in [6.07, 6.45) is 3.87. The van der Waals surface area contributed by atoms with Crippen LogP contribution in [0.2, 0.25) is 5.02 Å². The van der Waals surface area contributed by atoms with Crippen molar-refractivity contribution in [3.63, 3.8) is 0 Å². The standard InChI is InChI=1S/C37H39ClFN3O6S/c1-47-34-20-19-32(23-35(34)48-2)49(45,46)42(31-17-15-29(39)16-18-31)25-36(43)41(24-27-11-8-12-28(38)21-27)33(22-26-9-4-3-5-10-26)37(44)40-30-13-6-7-14-30/h3-5,8-12,15-21,23,30,33H,6-7,13-14,22,24-25H2,1-2H3,(H,40,44)/t33-/m1/s1. The predicted octanol–water partition coefficient (Wildman–Crippen LogP) is 6.39. The molecule has 1 N–H and O–H groups in total. The minimum absolute atomic E-state index is 0.0185. The number of halogens is 2. The van der Waals surface area contributed by atoms with Gasteiger partial charge in [0.1, 0.15) is 18.4 Å². The Balaban J connectivity index is 1.58. The topological polar surface area (TPSA) is 105 Å². The first kappa shape index (κ1) is 35.7. The maximum Gasteiger partial charge on any atom is 0.264 e. The number of ether oxygens (including phenoxy) is 2. The van der Waals surface area contributed by atoms with Gasteiger partial charge in [-0.1, -0.05) is 66.9 Å². The van der Waals surface area contributed by atoms with E-state index in [1.165, 1.54) is 49.5 Å². The monoisotopic (exact) mass is 707 g/mol. The number of rotatable bonds is 14. The van der Waals surface area contributed by atoms with Crippen LogP contribution in [-0.2, 0) is 32.6 Å². The van der Waals surface area contributed by atoms with Gasteiger partial charge in [0.25, 0.3) is 10.0 Å². The number of methoxy groups -OCH3 is 2. The molecule has 0 radical (unpaired) electrons. The minimum Gasteiger partial charge on any atom is -0.493 e. The lowest BCUT2D eigenvalue weighted by atomic mass is 10.0. The molecular formula is C37H39ClFN3O6S. The quantitative estimate of drug-likeness (QED) is 0.163. The van der Waals surface area contributed by atoms with Crippen molar-refractivity contribution in [1.82, 2.24) is 10.2 Å². The fraction of sp³-hybridized carbons (Fsp3) is 0.297. The van der Waals surface area contributed by atoms with E-state index in [4.69, 9.17) is 21.1 Å². The van der Waals surface area contributed by atoms with Crippen molar-refractivity contribution in [2.75, 3.05) is 25.1 Å². The fourth-order valence-electron chi connectivity index (χ4n) is 5.99. The molecule has 0 unspecified atom stereocenters. The summed E-state index contributed by atoms with van der Waals surface area (Å²) in [7, 11) is -1.64. The Labute approximate surface area is 291 Å². The number of benzene rings is 4. The molecule has 2 amide bonds. The Morgan fingerprint density at radius 1 is 0.878 bits per heavy atom. The van der Waals surface area contributed by atoms with E-state index in [0.717, 1.165) is 47.7 Å². The largest absolute Gasteiger partial charge is 0.493 e. The van der Waals surface area contributed by atoms with Crippen molar-refractivity contribution in [3.05, 3.63) is 119 Å². The van der Waals surface area contributed by atoms with Crippen LogP contribution >= 0.6 is 11.6 Å². The lowest BCUT2D eigenvalue weighted by molar-refractivity contribution is -0.140. The van der Waals surface area contributed by atoms with Crippen LogP contribution in [0.25, 0.3) is 0 Å². The third-order valence-electron chi connectivity index (χ3n) is 8.55. The number of amides is 2. The summed E-state index contributed by atoms with van der Waals surface area (Å²) in [4.78, 5) is 30.0. The fourth-order valence-corrected chi connectivity index (χ4v) is 7.64. The van der Waals surface area contributed by atoms with E-state index in [0.29, 0.717) is 16.3 Å². The Morgan fingerprint density at radius 3 is 2.20 bits per heavy atom. The highest BCUT2D eigenvalue weighted by Gasteiger charge is 2.36. The van der Waals surface area contributed by atoms with Crippen LogP contribution in [0.1, 0.15) is 36.8 Å². The Bertz CT molecular complexity index is 1850. The molecule has 1 fully saturated rings. The van der Waals surface area contributed by atoms with Gasteiger partial charge in [0.15, 0.2) is 11.5 Å². The molecule has 258 valence electrons. The molecule has 0 aliphatic heterocycles. The molecule has 1 aliphatic rings. The van der Waals surface area contributed by atoms with Crippen LogP contribution in [0.15, 0.2) is 102 Å². The first-order valence-electron chi connectivity index (χ1n) is 16.0. The van der Waals surface area contributed by atoms with Crippen molar-refractivity contribution < 1.29 is 31.9 Å². The van der Waals surface area contributed by atoms with Crippen molar-refractivity contribution in [3.8, 4) is 11.5 Å². The zero-order valence-electron chi connectivity index (χ0n) is 27.4. The average Bonchev–Trinajstić information content (AvgIpc) is 3.62. The van der Waals surface area contributed by atoms with Gasteiger partial charge in [0.05, 0.1) is 24.8 Å². The maximum atomic E-state index is 14.6. The molecule has 1 aliphatic carbocycles. The maximum absolute atomic E-state index is 14.6. The SMILES string of the molecule is COc1ccc(S(=O)(=O)N(CC(=O)N(Cc2cccc(Cl)c2)[C@H](Cc2ccccc2)C(=O)NC2CCCC2)c2ccc(F)cc2)cc1OC. The summed E-state index contributed by atoms with van der Waals surface area (Å²) in [5.41, 5.74) is 1.54. The summed E-state index contributed by atoms with van der Waals surface area (Å²) in [5.74, 6) is -1.07. The van der Waals surface area contributed by atoms with Gasteiger partial charge >= 0.3 is 0 Å². The second kappa shape index (κ2) is 16.2. The van der Waals surface area contributed by atoms with Crippen LogP contribution in [0.4, 0.5) is 10.1 Å². The zero-order chi connectivity index (χ0) is 35.0. The highest BCUT2D eigenvalue weighted by Crippen LogP contribution is 2.33. The molecule has 1 saturated carbocycles. The molecule has 0 saturated heterocycles. The number of nitrogens with one attached hydrogen (secondary N) is 1. The van der Waals surface area contributed by atoms with E-state index in [2.05, 4.69) is 5.32 Å². The molecule has 4 aromatic rings. The van der Waals surface area contributed by atoms with E-state index >= 15 is 0 Å². The second-order valence-corrected chi connectivity index (χ2v) is 14.2. The number of carbonyl (C=O) groups excluding carboxylic acids is 2. The zero-order valence-corrected chi connectivity index (χ0v) is 28.9. The minimum atomic E-state index is -4.45. The van der Waals surface area contributed by atoms with Crippen molar-refractivity contribution in [2.24, 2.45) is 0 Å². The first-order valence-corrected chi connectivity index (χ1v) is 17.8. The molecule has 12 heteroatoms. The molecule has 1 atom stereocenters. The number of nitrogens with zero attached hydrogens (tertiary/aromatic N) is 2. The number of sulfonamides is 1. The summed E-state index contributed by atoms with van der Waals surface area (Å²) >= 11 is 6.32. The molecule has 9 nitrogen and oxygen atoms in total. The van der Waals surface area contributed by atoms with Gasteiger partial charge in [0.2, 0.25) is 11.8 Å². The summed E-state index contributed by atoms with van der Waals surface area (Å²) < 4.78 is 54.3. The number of hydrogen-bond donors (Lipinski definition) is 1. The third-order valence-corrected chi connectivity index (χ3v) is 10.6. The number of carbonyl (C=O) groups is 2. The van der Waals surface area contributed by atoms with Gasteiger partial charge in [-0.15, -0.1) is 0 Å². The van der Waals surface area contributed by atoms with E-state index in [9.17, 15) is 22.4 Å². The van der Waals surface area contributed by atoms with Gasteiger partial charge in [0, 0.05) is 30.1 Å². The smallest absolute Gasteiger partial charge is 0.264 e. The van der Waals surface area contributed by atoms with Crippen LogP contribution in [-0.4, -0.2) is 58.0 Å². The van der Waals surface area contributed by atoms with E-state index < -0.39 is 34.3 Å². The third kappa shape index (κ3) is 8.90. The molecule has 0 aromatic heterocycles. The molecule has 5 rings (SSSR count). The molecule has 0 spiro atoms. The Morgan fingerprint density at radius 2 is 1.55 bits per heavy atom. The van der Waals surface area contributed by atoms with Gasteiger partial charge in [-0.25, -0.2) is 12.8 Å². The molecular weight excluding hydrogens is 669 g/mol. The lowest BCUT2D eigenvalue weighted by Gasteiger charge is -2.34. The summed E-state index contributed by atoms with van der Waals surface area (Å²) in [5, 5.41) is 3.59. The van der Waals surface area contributed by atoms with Crippen LogP contribution < -0.4 is 19.1 Å². The second-order valence-electron chi connectivity index (χ2n) is 11.9. The van der Waals surface area contributed by atoms with E-state index in [1.807, 2.05) is 30.3 Å². The van der Waals surface area contributed by atoms with Crippen LogP contribution in [0, 0.1) is 5.82 Å². The normalized spacial score (nSPS) is 13.8. The van der Waals surface area contributed by atoms with Gasteiger partial charge in [-0.05, 0) is 72.5 Å². The van der Waals surface area contributed by atoms with Crippen LogP contribution in [0.3, 0.4) is 0 Å². The van der Waals surface area contributed by atoms with Crippen molar-refractivity contribution in [1.29, 1.82) is 0 Å². The number of anilines is 1. The van der Waals surface area contributed by atoms with Gasteiger partial charge in [-0.2, -0.15) is 0 Å². The van der Waals surface area contributed by atoms with Crippen molar-refractivity contribution in [2.45, 2.75) is 55.6 Å². The van der Waals surface area contributed by atoms with Gasteiger partial charge < -0.3 is 19.7 Å². The highest BCUT2D eigenvalue weighted by atomic mass is 35.5. The van der Waals surface area contributed by atoms with E-state index in [-0.39, 0.29) is 41.2 Å². The molecule has 49 heavy (non-hydrogen) atoms. The Hall–Kier alpha value is -4.61. The predicted molar refractivity (Wildman–Crippen MR) is 187 cm³/mol. The van der Waals surface area contributed by atoms with Gasteiger partial charge in [-0.3, -0.25) is 13.9 Å².